The molecule has 0 atom stereocenters. The number of halogens is 2. The Morgan fingerprint density at radius 3 is 2.55 bits per heavy atom. The van der Waals surface area contributed by atoms with Gasteiger partial charge in [0.25, 0.3) is 5.91 Å². The summed E-state index contributed by atoms with van der Waals surface area (Å²) in [5.74, 6) is -0.768. The van der Waals surface area contributed by atoms with E-state index < -0.39 is 5.97 Å². The fraction of sp³-hybridized carbons (Fsp3) is 0.227. The van der Waals surface area contributed by atoms with Gasteiger partial charge in [-0.1, -0.05) is 42.3 Å². The molecule has 0 spiro atoms. The van der Waals surface area contributed by atoms with Crippen LogP contribution in [0.25, 0.3) is 0 Å². The molecule has 0 bridgehead atoms. The van der Waals surface area contributed by atoms with Crippen molar-refractivity contribution in [3.63, 3.8) is 0 Å². The van der Waals surface area contributed by atoms with Crippen LogP contribution >= 0.6 is 46.3 Å². The number of carboxylic acids is 1. The van der Waals surface area contributed by atoms with Crippen molar-refractivity contribution in [2.24, 2.45) is 0 Å². The smallest absolute Gasteiger partial charge is 0.323 e. The van der Waals surface area contributed by atoms with Crippen molar-refractivity contribution >= 4 is 58.2 Å². The van der Waals surface area contributed by atoms with Crippen LogP contribution in [0.4, 0.5) is 0 Å². The molecule has 1 heterocycles. The van der Waals surface area contributed by atoms with Crippen LogP contribution in [0.5, 0.6) is 0 Å². The molecular formula is C22H20Cl2N2O3S2. The molecule has 0 aliphatic heterocycles. The number of hydrogen-bond donors (Lipinski definition) is 1. The van der Waals surface area contributed by atoms with Gasteiger partial charge in [0.05, 0.1) is 11.6 Å². The van der Waals surface area contributed by atoms with Crippen molar-refractivity contribution in [1.29, 1.82) is 0 Å². The Balaban J connectivity index is 1.74. The molecule has 5 nitrogen and oxygen atoms in total. The molecule has 1 amide bonds. The van der Waals surface area contributed by atoms with Crippen LogP contribution in [0.15, 0.2) is 53.6 Å². The van der Waals surface area contributed by atoms with Crippen molar-refractivity contribution in [2.75, 3.05) is 6.54 Å². The Morgan fingerprint density at radius 2 is 1.90 bits per heavy atom. The summed E-state index contributed by atoms with van der Waals surface area (Å²) in [6.07, 6.45) is 2.50. The second-order valence-corrected chi connectivity index (χ2v) is 9.84. The summed E-state index contributed by atoms with van der Waals surface area (Å²) < 4.78 is 0. The summed E-state index contributed by atoms with van der Waals surface area (Å²) in [4.78, 5) is 31.8. The first-order chi connectivity index (χ1) is 14.8. The molecule has 0 aliphatic rings. The lowest BCUT2D eigenvalue weighted by atomic mass is 10.1. The van der Waals surface area contributed by atoms with Crippen molar-refractivity contribution in [1.82, 2.24) is 9.88 Å². The second-order valence-electron chi connectivity index (χ2n) is 6.72. The Bertz CT molecular complexity index is 1070. The van der Waals surface area contributed by atoms with Crippen molar-refractivity contribution in [3.8, 4) is 0 Å². The number of carboxylic acid groups (broad SMARTS) is 1. The van der Waals surface area contributed by atoms with E-state index in [1.54, 1.807) is 42.2 Å². The number of aryl methyl sites for hydroxylation is 1. The number of amides is 1. The highest BCUT2D eigenvalue weighted by atomic mass is 35.5. The molecule has 162 valence electrons. The first kappa shape index (κ1) is 23.6. The number of hydrogen-bond acceptors (Lipinski definition) is 5. The summed E-state index contributed by atoms with van der Waals surface area (Å²) in [6.45, 7) is 1.84. The van der Waals surface area contributed by atoms with E-state index in [-0.39, 0.29) is 19.0 Å². The maximum Gasteiger partial charge on any atom is 0.323 e. The minimum absolute atomic E-state index is 0.211. The molecule has 3 aromatic rings. The lowest BCUT2D eigenvalue weighted by Gasteiger charge is -2.20. The van der Waals surface area contributed by atoms with E-state index in [9.17, 15) is 14.7 Å². The zero-order chi connectivity index (χ0) is 22.4. The Kier molecular flexibility index (Phi) is 8.37. The van der Waals surface area contributed by atoms with E-state index in [1.165, 1.54) is 16.2 Å². The lowest BCUT2D eigenvalue weighted by molar-refractivity contribution is -0.137. The van der Waals surface area contributed by atoms with Gasteiger partial charge in [0.2, 0.25) is 0 Å². The van der Waals surface area contributed by atoms with Gasteiger partial charge in [0.15, 0.2) is 0 Å². The number of rotatable bonds is 9. The van der Waals surface area contributed by atoms with Crippen molar-refractivity contribution < 1.29 is 14.7 Å². The molecule has 0 radical (unpaired) electrons. The third-order valence-electron chi connectivity index (χ3n) is 4.28. The highest BCUT2D eigenvalue weighted by Crippen LogP contribution is 2.29. The second kappa shape index (κ2) is 11.0. The van der Waals surface area contributed by atoms with Gasteiger partial charge in [-0.15, -0.1) is 23.1 Å². The number of thioether (sulfide) groups is 1. The highest BCUT2D eigenvalue weighted by molar-refractivity contribution is 7.98. The number of benzene rings is 2. The Hall–Kier alpha value is -2.06. The first-order valence-corrected chi connectivity index (χ1v) is 12.0. The average molecular weight is 495 g/mol. The van der Waals surface area contributed by atoms with Crippen LogP contribution < -0.4 is 0 Å². The van der Waals surface area contributed by atoms with Gasteiger partial charge in [0, 0.05) is 37.3 Å². The van der Waals surface area contributed by atoms with Crippen LogP contribution in [0.3, 0.4) is 0 Å². The predicted octanol–water partition coefficient (Wildman–Crippen LogP) is 6.03. The van der Waals surface area contributed by atoms with E-state index in [0.717, 1.165) is 26.8 Å². The first-order valence-electron chi connectivity index (χ1n) is 9.46. The number of thiazole rings is 1. The van der Waals surface area contributed by atoms with Gasteiger partial charge >= 0.3 is 5.97 Å². The quantitative estimate of drug-likeness (QED) is 0.367. The third kappa shape index (κ3) is 6.97. The monoisotopic (exact) mass is 494 g/mol. The van der Waals surface area contributed by atoms with E-state index in [4.69, 9.17) is 23.2 Å². The molecule has 1 aromatic heterocycles. The highest BCUT2D eigenvalue weighted by Gasteiger charge is 2.20. The maximum absolute atomic E-state index is 13.1. The van der Waals surface area contributed by atoms with Gasteiger partial charge in [-0.05, 0) is 42.3 Å². The van der Waals surface area contributed by atoms with Crippen LogP contribution in [0.2, 0.25) is 10.0 Å². The number of nitrogens with zero attached hydrogens (tertiary/aromatic N) is 2. The fourth-order valence-corrected chi connectivity index (χ4v) is 5.36. The van der Waals surface area contributed by atoms with Crippen LogP contribution in [0.1, 0.15) is 32.7 Å². The van der Waals surface area contributed by atoms with E-state index in [0.29, 0.717) is 21.4 Å². The normalized spacial score (nSPS) is 10.8. The average Bonchev–Trinajstić information content (AvgIpc) is 3.18. The summed E-state index contributed by atoms with van der Waals surface area (Å²) in [5, 5.41) is 11.4. The molecule has 0 aliphatic carbocycles. The van der Waals surface area contributed by atoms with E-state index in [1.807, 2.05) is 25.1 Å². The van der Waals surface area contributed by atoms with Gasteiger partial charge in [-0.2, -0.15) is 0 Å². The molecule has 0 fully saturated rings. The fourth-order valence-electron chi connectivity index (χ4n) is 2.89. The standard InChI is InChI=1S/C22H20Cl2N2O3S2/c1-2-20-25-10-19(31-20)11-26(12-21(27)28)22(29)15-5-3-4-14(6-15)13-30-18-8-16(23)7-17(24)9-18/h3-10H,2,11-13H2,1H3,(H,27,28). The molecule has 0 unspecified atom stereocenters. The van der Waals surface area contributed by atoms with Gasteiger partial charge in [-0.3, -0.25) is 9.59 Å². The maximum atomic E-state index is 13.1. The van der Waals surface area contributed by atoms with Gasteiger partial charge in [-0.25, -0.2) is 4.98 Å². The molecule has 2 aromatic carbocycles. The van der Waals surface area contributed by atoms with Crippen molar-refractivity contribution in [3.05, 3.63) is 79.7 Å². The summed E-state index contributed by atoms with van der Waals surface area (Å²) >= 11 is 15.1. The summed E-state index contributed by atoms with van der Waals surface area (Å²) in [7, 11) is 0. The van der Waals surface area contributed by atoms with E-state index in [2.05, 4.69) is 4.98 Å². The zero-order valence-corrected chi connectivity index (χ0v) is 19.8. The minimum Gasteiger partial charge on any atom is -0.480 e. The minimum atomic E-state index is -1.06. The molecule has 9 heteroatoms. The van der Waals surface area contributed by atoms with E-state index >= 15 is 0 Å². The molecule has 3 rings (SSSR count). The number of aliphatic carboxylic acids is 1. The molecule has 31 heavy (non-hydrogen) atoms. The lowest BCUT2D eigenvalue weighted by Crippen LogP contribution is -2.35. The van der Waals surface area contributed by atoms with Gasteiger partial charge < -0.3 is 10.0 Å². The van der Waals surface area contributed by atoms with Crippen LogP contribution in [-0.2, 0) is 23.5 Å². The van der Waals surface area contributed by atoms with Crippen LogP contribution in [0, 0.1) is 0 Å². The van der Waals surface area contributed by atoms with Crippen molar-refractivity contribution in [2.45, 2.75) is 30.5 Å². The SMILES string of the molecule is CCc1ncc(CN(CC(=O)O)C(=O)c2cccc(CSc3cc(Cl)cc(Cl)c3)c2)s1. The zero-order valence-electron chi connectivity index (χ0n) is 16.7. The molecular weight excluding hydrogens is 475 g/mol. The molecule has 1 N–H and O–H groups in total. The number of carbonyl (C=O) groups is 2. The largest absolute Gasteiger partial charge is 0.480 e. The molecule has 0 saturated heterocycles. The van der Waals surface area contributed by atoms with Crippen LogP contribution in [-0.4, -0.2) is 33.4 Å². The third-order valence-corrected chi connectivity index (χ3v) is 6.89. The number of carbonyl (C=O) groups excluding carboxylic acids is 1. The number of aromatic nitrogens is 1. The Morgan fingerprint density at radius 1 is 1.16 bits per heavy atom. The van der Waals surface area contributed by atoms with Gasteiger partial charge in [0.1, 0.15) is 6.54 Å². The summed E-state index contributed by atoms with van der Waals surface area (Å²) in [5.41, 5.74) is 1.39. The predicted molar refractivity (Wildman–Crippen MR) is 126 cm³/mol. The molecule has 0 saturated carbocycles. The Labute approximate surface area is 199 Å². The summed E-state index contributed by atoms with van der Waals surface area (Å²) in [6, 6.07) is 12.6. The topological polar surface area (TPSA) is 70.5 Å².